The van der Waals surface area contributed by atoms with E-state index < -0.39 is 22.0 Å². The molecule has 0 aliphatic rings. The fraction of sp³-hybridized carbons (Fsp3) is 0.385. The Hall–Kier alpha value is -2.13. The predicted octanol–water partition coefficient (Wildman–Crippen LogP) is -1.74. The van der Waals surface area contributed by atoms with Crippen LogP contribution in [0.5, 0.6) is 5.75 Å². The lowest BCUT2D eigenvalue weighted by Crippen LogP contribution is -2.27. The SMILES string of the molecule is COc1ccc(S(=O)(=O)NCCCCC(=O)[O-])cc1C(=O)[O-]. The van der Waals surface area contributed by atoms with Crippen molar-refractivity contribution in [1.29, 1.82) is 0 Å². The summed E-state index contributed by atoms with van der Waals surface area (Å²) in [5.74, 6) is -2.76. The summed E-state index contributed by atoms with van der Waals surface area (Å²) in [6.45, 7) is 0.0301. The van der Waals surface area contributed by atoms with Gasteiger partial charge in [-0.2, -0.15) is 0 Å². The van der Waals surface area contributed by atoms with Crippen molar-refractivity contribution >= 4 is 22.0 Å². The van der Waals surface area contributed by atoms with Crippen molar-refractivity contribution in [2.24, 2.45) is 0 Å². The normalized spacial score (nSPS) is 11.1. The van der Waals surface area contributed by atoms with Crippen molar-refractivity contribution < 1.29 is 33.0 Å². The van der Waals surface area contributed by atoms with E-state index in [-0.39, 0.29) is 35.6 Å². The molecule has 1 N–H and O–H groups in total. The Morgan fingerprint density at radius 2 is 1.91 bits per heavy atom. The number of carbonyl (C=O) groups excluding carboxylic acids is 2. The number of carboxylic acids is 2. The van der Waals surface area contributed by atoms with Gasteiger partial charge in [-0.15, -0.1) is 0 Å². The maximum atomic E-state index is 12.0. The van der Waals surface area contributed by atoms with Gasteiger partial charge < -0.3 is 24.5 Å². The summed E-state index contributed by atoms with van der Waals surface area (Å²) in [5.41, 5.74) is -0.373. The molecule has 1 rings (SSSR count). The van der Waals surface area contributed by atoms with Gasteiger partial charge in [-0.05, 0) is 37.5 Å². The molecule has 0 saturated carbocycles. The van der Waals surface area contributed by atoms with Crippen LogP contribution in [0.15, 0.2) is 23.1 Å². The van der Waals surface area contributed by atoms with Gasteiger partial charge in [0.2, 0.25) is 10.0 Å². The lowest BCUT2D eigenvalue weighted by atomic mass is 10.2. The zero-order valence-corrected chi connectivity index (χ0v) is 12.6. The Morgan fingerprint density at radius 1 is 1.23 bits per heavy atom. The van der Waals surface area contributed by atoms with Crippen LogP contribution in [0.2, 0.25) is 0 Å². The first-order valence-electron chi connectivity index (χ1n) is 6.37. The van der Waals surface area contributed by atoms with E-state index in [0.717, 1.165) is 6.07 Å². The van der Waals surface area contributed by atoms with Gasteiger partial charge in [0.1, 0.15) is 5.75 Å². The molecule has 22 heavy (non-hydrogen) atoms. The molecule has 0 aromatic heterocycles. The number of hydrogen-bond donors (Lipinski definition) is 1. The van der Waals surface area contributed by atoms with Gasteiger partial charge in [-0.1, -0.05) is 0 Å². The average molecular weight is 329 g/mol. The lowest BCUT2D eigenvalue weighted by molar-refractivity contribution is -0.305. The van der Waals surface area contributed by atoms with Gasteiger partial charge in [0.05, 0.1) is 18.0 Å². The summed E-state index contributed by atoms with van der Waals surface area (Å²) in [6.07, 6.45) is 0.438. The summed E-state index contributed by atoms with van der Waals surface area (Å²) >= 11 is 0. The molecule has 0 aliphatic heterocycles. The summed E-state index contributed by atoms with van der Waals surface area (Å²) in [7, 11) is -2.65. The number of nitrogens with one attached hydrogen (secondary N) is 1. The second-order valence-corrected chi connectivity index (χ2v) is 6.14. The first-order valence-corrected chi connectivity index (χ1v) is 7.85. The molecule has 0 unspecified atom stereocenters. The number of aromatic carboxylic acids is 1. The van der Waals surface area contributed by atoms with E-state index in [1.807, 2.05) is 0 Å². The van der Waals surface area contributed by atoms with E-state index in [1.54, 1.807) is 0 Å². The quantitative estimate of drug-likeness (QED) is 0.531. The number of hydrogen-bond acceptors (Lipinski definition) is 7. The lowest BCUT2D eigenvalue weighted by Gasteiger charge is -2.12. The molecular weight excluding hydrogens is 314 g/mol. The Labute approximate surface area is 127 Å². The zero-order chi connectivity index (χ0) is 16.8. The Bertz CT molecular complexity index is 654. The molecule has 0 atom stereocenters. The first-order chi connectivity index (χ1) is 10.3. The minimum Gasteiger partial charge on any atom is -0.550 e. The number of benzene rings is 1. The van der Waals surface area contributed by atoms with Crippen molar-refractivity contribution in [3.63, 3.8) is 0 Å². The predicted molar refractivity (Wildman–Crippen MR) is 71.4 cm³/mol. The summed E-state index contributed by atoms with van der Waals surface area (Å²) in [6, 6.07) is 3.36. The van der Waals surface area contributed by atoms with E-state index in [0.29, 0.717) is 6.42 Å². The molecule has 1 aromatic rings. The van der Waals surface area contributed by atoms with Gasteiger partial charge in [0.25, 0.3) is 0 Å². The van der Waals surface area contributed by atoms with Crippen LogP contribution in [0.25, 0.3) is 0 Å². The summed E-state index contributed by atoms with van der Waals surface area (Å²) in [5, 5.41) is 21.2. The largest absolute Gasteiger partial charge is 0.550 e. The van der Waals surface area contributed by atoms with Crippen LogP contribution >= 0.6 is 0 Å². The van der Waals surface area contributed by atoms with E-state index in [4.69, 9.17) is 4.74 Å². The number of ether oxygens (including phenoxy) is 1. The van der Waals surface area contributed by atoms with Crippen LogP contribution in [0.4, 0.5) is 0 Å². The monoisotopic (exact) mass is 329 g/mol. The highest BCUT2D eigenvalue weighted by Crippen LogP contribution is 2.21. The molecule has 0 amide bonds. The van der Waals surface area contributed by atoms with Gasteiger partial charge >= 0.3 is 0 Å². The number of carbonyl (C=O) groups is 2. The van der Waals surface area contributed by atoms with Crippen molar-refractivity contribution in [3.05, 3.63) is 23.8 Å². The number of rotatable bonds is 9. The third kappa shape index (κ3) is 5.01. The molecule has 0 radical (unpaired) electrons. The second-order valence-electron chi connectivity index (χ2n) is 4.38. The number of sulfonamides is 1. The Balaban J connectivity index is 2.78. The van der Waals surface area contributed by atoms with E-state index in [1.165, 1.54) is 19.2 Å². The molecule has 9 heteroatoms. The first kappa shape index (κ1) is 17.9. The van der Waals surface area contributed by atoms with Gasteiger partial charge in [-0.25, -0.2) is 13.1 Å². The minimum atomic E-state index is -3.90. The van der Waals surface area contributed by atoms with Gasteiger partial charge in [0.15, 0.2) is 0 Å². The molecule has 8 nitrogen and oxygen atoms in total. The number of carboxylic acid groups (broad SMARTS) is 2. The molecule has 0 fully saturated rings. The highest BCUT2D eigenvalue weighted by molar-refractivity contribution is 7.89. The van der Waals surface area contributed by atoms with Crippen LogP contribution in [0, 0.1) is 0 Å². The van der Waals surface area contributed by atoms with Crippen LogP contribution < -0.4 is 19.7 Å². The zero-order valence-electron chi connectivity index (χ0n) is 11.8. The Morgan fingerprint density at radius 3 is 2.45 bits per heavy atom. The smallest absolute Gasteiger partial charge is 0.240 e. The molecular formula is C13H15NO7S-2. The molecule has 122 valence electrons. The highest BCUT2D eigenvalue weighted by atomic mass is 32.2. The van der Waals surface area contributed by atoms with Crippen molar-refractivity contribution in [2.75, 3.05) is 13.7 Å². The fourth-order valence-corrected chi connectivity index (χ4v) is 2.80. The maximum Gasteiger partial charge on any atom is 0.240 e. The van der Waals surface area contributed by atoms with E-state index >= 15 is 0 Å². The van der Waals surface area contributed by atoms with E-state index in [2.05, 4.69) is 4.72 Å². The van der Waals surface area contributed by atoms with Crippen molar-refractivity contribution in [3.8, 4) is 5.75 Å². The molecule has 0 saturated heterocycles. The number of unbranched alkanes of at least 4 members (excludes halogenated alkanes) is 1. The summed E-state index contributed by atoms with van der Waals surface area (Å²) < 4.78 is 31.1. The molecule has 0 heterocycles. The molecule has 0 bridgehead atoms. The van der Waals surface area contributed by atoms with Gasteiger partial charge in [-0.3, -0.25) is 0 Å². The Kier molecular flexibility index (Phi) is 6.32. The number of methoxy groups -OCH3 is 1. The van der Waals surface area contributed by atoms with Crippen LogP contribution in [-0.4, -0.2) is 34.0 Å². The van der Waals surface area contributed by atoms with Crippen LogP contribution in [0.1, 0.15) is 29.6 Å². The fourth-order valence-electron chi connectivity index (χ4n) is 1.70. The van der Waals surface area contributed by atoms with Gasteiger partial charge in [0, 0.05) is 18.1 Å². The maximum absolute atomic E-state index is 12.0. The molecule has 0 aliphatic carbocycles. The summed E-state index contributed by atoms with van der Waals surface area (Å²) in [4.78, 5) is 20.9. The van der Waals surface area contributed by atoms with Crippen LogP contribution in [-0.2, 0) is 14.8 Å². The third-order valence-electron chi connectivity index (χ3n) is 2.80. The average Bonchev–Trinajstić information content (AvgIpc) is 2.45. The van der Waals surface area contributed by atoms with Crippen molar-refractivity contribution in [2.45, 2.75) is 24.2 Å². The highest BCUT2D eigenvalue weighted by Gasteiger charge is 2.16. The van der Waals surface area contributed by atoms with E-state index in [9.17, 15) is 28.2 Å². The minimum absolute atomic E-state index is 0.00657. The third-order valence-corrected chi connectivity index (χ3v) is 4.26. The van der Waals surface area contributed by atoms with Crippen molar-refractivity contribution in [1.82, 2.24) is 4.72 Å². The molecule has 1 aromatic carbocycles. The van der Waals surface area contributed by atoms with Crippen LogP contribution in [0.3, 0.4) is 0 Å². The number of aliphatic carboxylic acids is 1. The second kappa shape index (κ2) is 7.76. The molecule has 0 spiro atoms. The topological polar surface area (TPSA) is 136 Å². The standard InChI is InChI=1S/C13H17NO7S/c1-21-11-6-5-9(8-10(11)13(17)18)22(19,20)14-7-3-2-4-12(15)16/h5-6,8,14H,2-4,7H2,1H3,(H,15,16)(H,17,18)/p-2.